The van der Waals surface area contributed by atoms with Crippen LogP contribution in [0.15, 0.2) is 24.3 Å². The number of hydrogen-bond acceptors (Lipinski definition) is 3. The van der Waals surface area contributed by atoms with Gasteiger partial charge in [0.2, 0.25) is 0 Å². The molecule has 0 spiro atoms. The summed E-state index contributed by atoms with van der Waals surface area (Å²) in [6, 6.07) is 8.61. The summed E-state index contributed by atoms with van der Waals surface area (Å²) in [5.41, 5.74) is 1.99. The molecule has 4 bridgehead atoms. The van der Waals surface area contributed by atoms with Crippen molar-refractivity contribution in [2.75, 3.05) is 0 Å². The first kappa shape index (κ1) is 12.8. The van der Waals surface area contributed by atoms with E-state index in [4.69, 9.17) is 0 Å². The molecule has 6 rings (SSSR count). The fourth-order valence-electron chi connectivity index (χ4n) is 5.24. The van der Waals surface area contributed by atoms with Crippen LogP contribution in [0.4, 0.5) is 0 Å². The maximum Gasteiger partial charge on any atom is 0.164 e. The van der Waals surface area contributed by atoms with Gasteiger partial charge in [-0.1, -0.05) is 24.3 Å². The molecule has 1 N–H and O–H groups in total. The van der Waals surface area contributed by atoms with Crippen LogP contribution in [0.3, 0.4) is 0 Å². The average Bonchev–Trinajstić information content (AvgIpc) is 2.91. The maximum atomic E-state index is 9.66. The Morgan fingerprint density at radius 2 is 1.77 bits per heavy atom. The first-order chi connectivity index (χ1) is 10.8. The Kier molecular flexibility index (Phi) is 2.71. The molecule has 3 heterocycles. The van der Waals surface area contributed by atoms with Crippen LogP contribution < -0.4 is 0 Å². The van der Waals surface area contributed by atoms with Gasteiger partial charge < -0.3 is 9.67 Å². The Morgan fingerprint density at radius 1 is 1.00 bits per heavy atom. The summed E-state index contributed by atoms with van der Waals surface area (Å²) < 4.78 is 2.43. The monoisotopic (exact) mass is 295 g/mol. The highest BCUT2D eigenvalue weighted by atomic mass is 16.3. The molecule has 2 unspecified atom stereocenters. The summed E-state index contributed by atoms with van der Waals surface area (Å²) in [6.07, 6.45) is 6.59. The van der Waals surface area contributed by atoms with Crippen molar-refractivity contribution < 1.29 is 5.11 Å². The van der Waals surface area contributed by atoms with Crippen molar-refractivity contribution in [2.24, 2.45) is 11.8 Å². The van der Waals surface area contributed by atoms with Gasteiger partial charge in [0.15, 0.2) is 5.82 Å². The summed E-state index contributed by atoms with van der Waals surface area (Å²) in [5, 5.41) is 18.8. The molecule has 4 aliphatic rings. The Morgan fingerprint density at radius 3 is 2.55 bits per heavy atom. The minimum absolute atomic E-state index is 0.0533. The third-order valence-corrected chi connectivity index (χ3v) is 5.99. The summed E-state index contributed by atoms with van der Waals surface area (Å²) in [7, 11) is 0. The number of rotatable bonds is 2. The van der Waals surface area contributed by atoms with Gasteiger partial charge in [0.25, 0.3) is 0 Å². The lowest BCUT2D eigenvalue weighted by Gasteiger charge is -2.38. The van der Waals surface area contributed by atoms with Crippen molar-refractivity contribution in [2.45, 2.75) is 50.7 Å². The lowest BCUT2D eigenvalue weighted by atomic mass is 9.68. The maximum absolute atomic E-state index is 9.66. The van der Waals surface area contributed by atoms with E-state index in [0.29, 0.717) is 12.0 Å². The summed E-state index contributed by atoms with van der Waals surface area (Å²) in [6.45, 7) is 0.0533. The van der Waals surface area contributed by atoms with Gasteiger partial charge in [-0.05, 0) is 49.5 Å². The summed E-state index contributed by atoms with van der Waals surface area (Å²) >= 11 is 0. The highest BCUT2D eigenvalue weighted by Gasteiger charge is 2.44. The summed E-state index contributed by atoms with van der Waals surface area (Å²) in [5.74, 6) is 4.53. The van der Waals surface area contributed by atoms with Gasteiger partial charge in [-0.25, -0.2) is 0 Å². The van der Waals surface area contributed by atoms with E-state index < -0.39 is 0 Å². The highest BCUT2D eigenvalue weighted by Crippen LogP contribution is 2.54. The summed E-state index contributed by atoms with van der Waals surface area (Å²) in [4.78, 5) is 0. The minimum Gasteiger partial charge on any atom is -0.392 e. The minimum atomic E-state index is 0.0533. The van der Waals surface area contributed by atoms with Crippen molar-refractivity contribution in [3.63, 3.8) is 0 Å². The second-order valence-corrected chi connectivity index (χ2v) is 7.33. The molecule has 4 heteroatoms. The predicted molar refractivity (Wildman–Crippen MR) is 83.2 cm³/mol. The molecule has 114 valence electrons. The van der Waals surface area contributed by atoms with Crippen molar-refractivity contribution in [3.05, 3.63) is 35.7 Å². The Hall–Kier alpha value is -1.68. The van der Waals surface area contributed by atoms with Crippen LogP contribution in [-0.4, -0.2) is 19.9 Å². The largest absolute Gasteiger partial charge is 0.392 e. The van der Waals surface area contributed by atoms with E-state index in [9.17, 15) is 5.11 Å². The van der Waals surface area contributed by atoms with Crippen LogP contribution in [0.5, 0.6) is 0 Å². The standard InChI is InChI=1S/C18H21N3O/c22-10-13-3-1-2-4-16(13)18-20-19-17-14-6-11-5-12(7-14)9-15(8-11)21(17)18/h1-4,11-12,14-15,22H,5-10H2. The smallest absolute Gasteiger partial charge is 0.164 e. The van der Waals surface area contributed by atoms with E-state index in [1.807, 2.05) is 18.2 Å². The van der Waals surface area contributed by atoms with Crippen LogP contribution >= 0.6 is 0 Å². The van der Waals surface area contributed by atoms with Gasteiger partial charge in [0.1, 0.15) is 5.82 Å². The van der Waals surface area contributed by atoms with Gasteiger partial charge in [-0.3, -0.25) is 0 Å². The lowest BCUT2D eigenvalue weighted by molar-refractivity contribution is 0.150. The van der Waals surface area contributed by atoms with Crippen molar-refractivity contribution in [1.82, 2.24) is 14.8 Å². The quantitative estimate of drug-likeness (QED) is 0.925. The molecule has 2 fully saturated rings. The first-order valence-corrected chi connectivity index (χ1v) is 8.47. The lowest BCUT2D eigenvalue weighted by Crippen LogP contribution is -2.27. The normalized spacial score (nSPS) is 32.0. The molecule has 2 aliphatic heterocycles. The van der Waals surface area contributed by atoms with E-state index in [1.165, 1.54) is 37.9 Å². The molecule has 0 saturated heterocycles. The molecular weight excluding hydrogens is 274 g/mol. The molecule has 2 atom stereocenters. The van der Waals surface area contributed by atoms with E-state index >= 15 is 0 Å². The molecule has 1 aromatic heterocycles. The molecule has 22 heavy (non-hydrogen) atoms. The zero-order valence-electron chi connectivity index (χ0n) is 12.7. The van der Waals surface area contributed by atoms with Gasteiger partial charge in [0.05, 0.1) is 6.61 Å². The Labute approximate surface area is 130 Å². The molecule has 0 amide bonds. The second kappa shape index (κ2) is 4.66. The first-order valence-electron chi connectivity index (χ1n) is 8.47. The van der Waals surface area contributed by atoms with E-state index in [2.05, 4.69) is 20.8 Å². The fraction of sp³-hybridized carbons (Fsp3) is 0.556. The van der Waals surface area contributed by atoms with E-state index in [1.54, 1.807) is 0 Å². The van der Waals surface area contributed by atoms with Crippen LogP contribution in [0.2, 0.25) is 0 Å². The van der Waals surface area contributed by atoms with Crippen molar-refractivity contribution in [1.29, 1.82) is 0 Å². The zero-order chi connectivity index (χ0) is 14.7. The molecule has 2 aromatic rings. The van der Waals surface area contributed by atoms with Crippen LogP contribution in [0.25, 0.3) is 11.4 Å². The number of nitrogens with zero attached hydrogens (tertiary/aromatic N) is 3. The molecular formula is C18H21N3O. The van der Waals surface area contributed by atoms with Gasteiger partial charge in [0, 0.05) is 17.5 Å². The number of aliphatic hydroxyl groups is 1. The molecule has 2 saturated carbocycles. The van der Waals surface area contributed by atoms with Crippen LogP contribution in [0, 0.1) is 11.8 Å². The molecule has 2 aliphatic carbocycles. The third kappa shape index (κ3) is 1.73. The van der Waals surface area contributed by atoms with Gasteiger partial charge in [-0.15, -0.1) is 10.2 Å². The Balaban J connectivity index is 1.69. The highest BCUT2D eigenvalue weighted by molar-refractivity contribution is 5.61. The average molecular weight is 295 g/mol. The SMILES string of the molecule is OCc1ccccc1-c1nnc2n1C1CC3CC(CC2C3)C1. The molecule has 0 radical (unpaired) electrons. The van der Waals surface area contributed by atoms with Crippen molar-refractivity contribution >= 4 is 0 Å². The predicted octanol–water partition coefficient (Wildman–Crippen LogP) is 3.29. The number of aliphatic hydroxyl groups excluding tert-OH is 1. The van der Waals surface area contributed by atoms with E-state index in [-0.39, 0.29) is 6.61 Å². The van der Waals surface area contributed by atoms with Crippen LogP contribution in [-0.2, 0) is 6.61 Å². The number of hydrogen-bond donors (Lipinski definition) is 1. The zero-order valence-corrected chi connectivity index (χ0v) is 12.7. The Bertz CT molecular complexity index is 709. The van der Waals surface area contributed by atoms with Gasteiger partial charge in [-0.2, -0.15) is 0 Å². The van der Waals surface area contributed by atoms with Crippen LogP contribution in [0.1, 0.15) is 55.5 Å². The fourth-order valence-corrected chi connectivity index (χ4v) is 5.24. The van der Waals surface area contributed by atoms with E-state index in [0.717, 1.165) is 28.8 Å². The van der Waals surface area contributed by atoms with Crippen molar-refractivity contribution in [3.8, 4) is 11.4 Å². The topological polar surface area (TPSA) is 50.9 Å². The van der Waals surface area contributed by atoms with Gasteiger partial charge >= 0.3 is 0 Å². The second-order valence-electron chi connectivity index (χ2n) is 7.33. The molecule has 1 aromatic carbocycles. The number of benzene rings is 1. The number of aromatic nitrogens is 3. The third-order valence-electron chi connectivity index (χ3n) is 5.99. The molecule has 4 nitrogen and oxygen atoms in total.